The average Bonchev–Trinajstić information content (AvgIpc) is 3.20. The lowest BCUT2D eigenvalue weighted by atomic mass is 9.49. The van der Waals surface area contributed by atoms with Crippen LogP contribution in [0.4, 0.5) is 0 Å². The zero-order valence-electron chi connectivity index (χ0n) is 17.5. The molecule has 29 heavy (non-hydrogen) atoms. The highest BCUT2D eigenvalue weighted by Crippen LogP contribution is 2.60. The summed E-state index contributed by atoms with van der Waals surface area (Å²) in [5.41, 5.74) is -0.193. The van der Waals surface area contributed by atoms with Crippen LogP contribution in [0.3, 0.4) is 0 Å². The van der Waals surface area contributed by atoms with E-state index in [2.05, 4.69) is 5.32 Å². The van der Waals surface area contributed by atoms with Crippen molar-refractivity contribution in [3.8, 4) is 0 Å². The summed E-state index contributed by atoms with van der Waals surface area (Å²) in [4.78, 5) is 42.7. The average molecular weight is 402 g/mol. The first-order chi connectivity index (χ1) is 14.0. The maximum Gasteiger partial charge on any atom is 0.243 e. The van der Waals surface area contributed by atoms with Crippen LogP contribution in [0.2, 0.25) is 0 Å². The van der Waals surface area contributed by atoms with Gasteiger partial charge in [0, 0.05) is 19.6 Å². The smallest absolute Gasteiger partial charge is 0.243 e. The summed E-state index contributed by atoms with van der Waals surface area (Å²) in [5.74, 6) is 2.30. The van der Waals surface area contributed by atoms with E-state index in [0.29, 0.717) is 6.54 Å². The number of nitrogens with zero attached hydrogens (tertiary/aromatic N) is 2. The molecule has 0 aromatic heterocycles. The molecule has 1 N–H and O–H groups in total. The van der Waals surface area contributed by atoms with Gasteiger partial charge in [0.25, 0.3) is 0 Å². The molecule has 0 radical (unpaired) electrons. The molecule has 4 saturated carbocycles. The van der Waals surface area contributed by atoms with Crippen LogP contribution >= 0.6 is 0 Å². The lowest BCUT2D eigenvalue weighted by Crippen LogP contribution is -2.57. The van der Waals surface area contributed by atoms with Gasteiger partial charge < -0.3 is 15.1 Å². The molecule has 2 aliphatic heterocycles. The van der Waals surface area contributed by atoms with E-state index >= 15 is 0 Å². The molecule has 6 fully saturated rings. The van der Waals surface area contributed by atoms with Crippen molar-refractivity contribution in [2.45, 2.75) is 76.7 Å². The number of rotatable bonds is 4. The Bertz CT molecular complexity index is 650. The second-order valence-corrected chi connectivity index (χ2v) is 10.5. The van der Waals surface area contributed by atoms with Crippen LogP contribution in [-0.2, 0) is 14.4 Å². The Labute approximate surface area is 173 Å². The van der Waals surface area contributed by atoms with Crippen molar-refractivity contribution in [1.29, 1.82) is 0 Å². The molecule has 6 heteroatoms. The van der Waals surface area contributed by atoms with E-state index in [1.54, 1.807) is 0 Å². The summed E-state index contributed by atoms with van der Waals surface area (Å²) >= 11 is 0. The number of carbonyl (C=O) groups is 3. The molecular weight excluding hydrogens is 366 g/mol. The van der Waals surface area contributed by atoms with Crippen molar-refractivity contribution in [2.24, 2.45) is 23.2 Å². The second kappa shape index (κ2) is 7.59. The summed E-state index contributed by atoms with van der Waals surface area (Å²) in [6.45, 7) is 2.36. The molecular formula is C23H35N3O3. The minimum absolute atomic E-state index is 0.00927. The summed E-state index contributed by atoms with van der Waals surface area (Å²) in [7, 11) is 0. The zero-order chi connectivity index (χ0) is 20.0. The zero-order valence-corrected chi connectivity index (χ0v) is 17.5. The molecule has 0 spiro atoms. The predicted molar refractivity (Wildman–Crippen MR) is 109 cm³/mol. The molecule has 6 rings (SSSR count). The molecule has 160 valence electrons. The number of piperidine rings is 1. The molecule has 4 bridgehead atoms. The first-order valence-electron chi connectivity index (χ1n) is 11.9. The number of nitrogens with one attached hydrogen (secondary N) is 1. The van der Waals surface area contributed by atoms with Gasteiger partial charge in [-0.1, -0.05) is 0 Å². The Morgan fingerprint density at radius 3 is 2.07 bits per heavy atom. The van der Waals surface area contributed by atoms with Gasteiger partial charge in [-0.15, -0.1) is 0 Å². The molecule has 3 amide bonds. The Morgan fingerprint density at radius 1 is 0.828 bits per heavy atom. The van der Waals surface area contributed by atoms with Gasteiger partial charge in [-0.3, -0.25) is 14.4 Å². The summed E-state index contributed by atoms with van der Waals surface area (Å²) in [5, 5.41) is 2.86. The van der Waals surface area contributed by atoms with Crippen LogP contribution in [-0.4, -0.2) is 59.7 Å². The molecule has 6 aliphatic rings. The topological polar surface area (TPSA) is 69.7 Å². The van der Waals surface area contributed by atoms with Gasteiger partial charge in [-0.05, 0) is 88.4 Å². The van der Waals surface area contributed by atoms with Crippen LogP contribution in [0.15, 0.2) is 0 Å². The van der Waals surface area contributed by atoms with Gasteiger partial charge in [0.15, 0.2) is 0 Å². The maximum absolute atomic E-state index is 13.7. The molecule has 0 aromatic rings. The van der Waals surface area contributed by atoms with E-state index in [1.807, 2.05) is 9.80 Å². The minimum atomic E-state index is -0.385. The Morgan fingerprint density at radius 2 is 1.45 bits per heavy atom. The molecule has 1 atom stereocenters. The standard InChI is InChI=1S/C23H35N3O3/c27-20(25-6-2-1-3-7-25)15-24-21(28)19-5-4-8-26(19)22(29)23-12-16-9-17(13-23)11-18(10-16)14-23/h16-19H,1-15H2,(H,24,28). The van der Waals surface area contributed by atoms with Crippen LogP contribution < -0.4 is 5.32 Å². The van der Waals surface area contributed by atoms with Crippen molar-refractivity contribution in [2.75, 3.05) is 26.2 Å². The summed E-state index contributed by atoms with van der Waals surface area (Å²) in [6, 6.07) is -0.385. The molecule has 2 saturated heterocycles. The molecule has 1 unspecified atom stereocenters. The third-order valence-corrected chi connectivity index (χ3v) is 8.43. The van der Waals surface area contributed by atoms with Gasteiger partial charge in [0.05, 0.1) is 12.0 Å². The van der Waals surface area contributed by atoms with Gasteiger partial charge in [0.1, 0.15) is 6.04 Å². The first kappa shape index (κ1) is 19.4. The Kier molecular flexibility index (Phi) is 5.07. The highest BCUT2D eigenvalue weighted by atomic mass is 16.2. The van der Waals surface area contributed by atoms with Crippen LogP contribution in [0.5, 0.6) is 0 Å². The van der Waals surface area contributed by atoms with Crippen molar-refractivity contribution in [3.63, 3.8) is 0 Å². The van der Waals surface area contributed by atoms with E-state index in [4.69, 9.17) is 0 Å². The van der Waals surface area contributed by atoms with Crippen LogP contribution in [0.1, 0.15) is 70.6 Å². The fraction of sp³-hybridized carbons (Fsp3) is 0.870. The van der Waals surface area contributed by atoms with Crippen molar-refractivity contribution in [3.05, 3.63) is 0 Å². The van der Waals surface area contributed by atoms with Crippen LogP contribution in [0, 0.1) is 23.2 Å². The van der Waals surface area contributed by atoms with Gasteiger partial charge in [0.2, 0.25) is 17.7 Å². The first-order valence-corrected chi connectivity index (χ1v) is 11.9. The van der Waals surface area contributed by atoms with Crippen molar-refractivity contribution < 1.29 is 14.4 Å². The number of amides is 3. The van der Waals surface area contributed by atoms with E-state index in [1.165, 1.54) is 25.7 Å². The number of likely N-dealkylation sites (tertiary alicyclic amines) is 2. The van der Waals surface area contributed by atoms with E-state index in [-0.39, 0.29) is 35.7 Å². The van der Waals surface area contributed by atoms with Crippen molar-refractivity contribution >= 4 is 17.7 Å². The number of carbonyl (C=O) groups excluding carboxylic acids is 3. The third kappa shape index (κ3) is 3.57. The van der Waals surface area contributed by atoms with Gasteiger partial charge in [-0.2, -0.15) is 0 Å². The van der Waals surface area contributed by atoms with Crippen molar-refractivity contribution in [1.82, 2.24) is 15.1 Å². The number of hydrogen-bond acceptors (Lipinski definition) is 3. The third-order valence-electron chi connectivity index (χ3n) is 8.43. The van der Waals surface area contributed by atoms with Gasteiger partial charge in [-0.25, -0.2) is 0 Å². The number of hydrogen-bond donors (Lipinski definition) is 1. The monoisotopic (exact) mass is 401 g/mol. The Hall–Kier alpha value is -1.59. The molecule has 2 heterocycles. The predicted octanol–water partition coefficient (Wildman–Crippen LogP) is 2.32. The second-order valence-electron chi connectivity index (χ2n) is 10.5. The quantitative estimate of drug-likeness (QED) is 0.786. The van der Waals surface area contributed by atoms with Crippen LogP contribution in [0.25, 0.3) is 0 Å². The summed E-state index contributed by atoms with van der Waals surface area (Å²) in [6.07, 6.45) is 11.9. The lowest BCUT2D eigenvalue weighted by molar-refractivity contribution is -0.160. The summed E-state index contributed by atoms with van der Waals surface area (Å²) < 4.78 is 0. The molecule has 6 nitrogen and oxygen atoms in total. The minimum Gasteiger partial charge on any atom is -0.345 e. The maximum atomic E-state index is 13.7. The fourth-order valence-electron chi connectivity index (χ4n) is 7.50. The van der Waals surface area contributed by atoms with Gasteiger partial charge >= 0.3 is 0 Å². The largest absolute Gasteiger partial charge is 0.345 e. The van der Waals surface area contributed by atoms with E-state index in [9.17, 15) is 14.4 Å². The molecule has 0 aromatic carbocycles. The SMILES string of the molecule is O=C(NCC(=O)N1CCCCC1)C1CCCN1C(=O)C12CC3CC(CC(C3)C1)C2. The molecule has 4 aliphatic carbocycles. The fourth-order valence-corrected chi connectivity index (χ4v) is 7.50. The highest BCUT2D eigenvalue weighted by Gasteiger charge is 2.56. The Balaban J connectivity index is 1.21. The van der Waals surface area contributed by atoms with E-state index < -0.39 is 0 Å². The lowest BCUT2D eigenvalue weighted by Gasteiger charge is -2.56. The highest BCUT2D eigenvalue weighted by molar-refractivity contribution is 5.92. The normalized spacial score (nSPS) is 38.3. The van der Waals surface area contributed by atoms with E-state index in [0.717, 1.165) is 75.8 Å².